The molecule has 0 aromatic heterocycles. The Kier molecular flexibility index (Phi) is 6.51. The number of hydrogen-bond acceptors (Lipinski definition) is 1. The van der Waals surface area contributed by atoms with Crippen LogP contribution in [0.25, 0.3) is 10.8 Å². The van der Waals surface area contributed by atoms with Crippen molar-refractivity contribution in [3.8, 4) is 0 Å². The van der Waals surface area contributed by atoms with Crippen LogP contribution in [0.1, 0.15) is 0 Å². The van der Waals surface area contributed by atoms with Crippen LogP contribution in [0.2, 0.25) is 0 Å². The Labute approximate surface area is 100 Å². The van der Waals surface area contributed by atoms with E-state index in [4.69, 9.17) is 4.79 Å². The van der Waals surface area contributed by atoms with Gasteiger partial charge in [-0.15, -0.1) is 0 Å². The van der Waals surface area contributed by atoms with Crippen molar-refractivity contribution in [3.05, 3.63) is 48.5 Å². The molecule has 0 unspecified atom stereocenters. The molecule has 0 N–H and O–H groups in total. The molecule has 0 fully saturated rings. The topological polar surface area (TPSA) is 17.1 Å². The van der Waals surface area contributed by atoms with Gasteiger partial charge in [0.1, 0.15) is 6.79 Å². The van der Waals surface area contributed by atoms with Gasteiger partial charge in [-0.2, -0.15) is 0 Å². The molecule has 2 rings (SSSR count). The third-order valence-corrected chi connectivity index (χ3v) is 1.66. The Hall–Kier alpha value is -0.630. The smallest absolute Gasteiger partial charge is 0.0184 e. The van der Waals surface area contributed by atoms with Gasteiger partial charge in [-0.25, -0.2) is 0 Å². The average Bonchev–Trinajstić information content (AvgIpc) is 2.21. The van der Waals surface area contributed by atoms with Crippen LogP contribution < -0.4 is 0 Å². The van der Waals surface area contributed by atoms with E-state index in [1.807, 2.05) is 6.79 Å². The second kappa shape index (κ2) is 6.84. The molecule has 0 atom stereocenters. The van der Waals surface area contributed by atoms with Crippen LogP contribution in [0, 0.1) is 0 Å². The third kappa shape index (κ3) is 3.31. The van der Waals surface area contributed by atoms with Gasteiger partial charge in [-0.05, 0) is 10.8 Å². The van der Waals surface area contributed by atoms with Gasteiger partial charge in [-0.1, -0.05) is 48.5 Å². The van der Waals surface area contributed by atoms with E-state index in [1.165, 1.54) is 10.8 Å². The molecule has 2 aromatic rings. The molecule has 0 saturated heterocycles. The van der Waals surface area contributed by atoms with Crippen LogP contribution in [0.5, 0.6) is 0 Å². The summed E-state index contributed by atoms with van der Waals surface area (Å²) in [5, 5.41) is 2.62. The standard InChI is InChI=1S/C10H8.CH2O.Na.H/c1-2-6-10-8-4-3-7-9(10)5-1;1-2;;/h1-8H;1H2;;. The first-order valence-corrected chi connectivity index (χ1v) is 3.69. The largest absolute Gasteiger partial charge is 0.0616 e. The van der Waals surface area contributed by atoms with Gasteiger partial charge in [-0.3, -0.25) is 0 Å². The van der Waals surface area contributed by atoms with Gasteiger partial charge in [0, 0.05) is 0 Å². The molecule has 0 radical (unpaired) electrons. The normalized spacial score (nSPS) is 8.00. The summed E-state index contributed by atoms with van der Waals surface area (Å²) in [5.74, 6) is 0. The number of carbonyl (C=O) groups is 1. The van der Waals surface area contributed by atoms with Gasteiger partial charge < -0.3 is 4.79 Å². The molecule has 0 bridgehead atoms. The summed E-state index contributed by atoms with van der Waals surface area (Å²) >= 11 is 0. The summed E-state index contributed by atoms with van der Waals surface area (Å²) in [5.41, 5.74) is 0. The number of rotatable bonds is 0. The van der Waals surface area contributed by atoms with Crippen molar-refractivity contribution in [1.82, 2.24) is 0 Å². The van der Waals surface area contributed by atoms with Crippen LogP contribution in [-0.2, 0) is 4.79 Å². The summed E-state index contributed by atoms with van der Waals surface area (Å²) in [4.78, 5) is 8.00. The second-order valence-corrected chi connectivity index (χ2v) is 2.35. The van der Waals surface area contributed by atoms with E-state index in [1.54, 1.807) is 0 Å². The monoisotopic (exact) mass is 182 g/mol. The van der Waals surface area contributed by atoms with Crippen molar-refractivity contribution in [2.75, 3.05) is 0 Å². The number of carbonyl (C=O) groups excluding carboxylic acids is 1. The molecule has 0 aliphatic carbocycles. The van der Waals surface area contributed by atoms with E-state index in [0.717, 1.165) is 0 Å². The van der Waals surface area contributed by atoms with Gasteiger partial charge in [0.05, 0.1) is 0 Å². The minimum atomic E-state index is 0. The van der Waals surface area contributed by atoms with E-state index in [2.05, 4.69) is 48.5 Å². The molecule has 0 spiro atoms. The van der Waals surface area contributed by atoms with Crippen molar-refractivity contribution in [2.24, 2.45) is 0 Å². The number of hydrogen-bond donors (Lipinski definition) is 0. The Morgan fingerprint density at radius 3 is 1.15 bits per heavy atom. The summed E-state index contributed by atoms with van der Waals surface area (Å²) in [6.45, 7) is 2.00. The van der Waals surface area contributed by atoms with Gasteiger partial charge in [0.15, 0.2) is 0 Å². The van der Waals surface area contributed by atoms with Crippen LogP contribution >= 0.6 is 0 Å². The maximum absolute atomic E-state index is 8.00. The van der Waals surface area contributed by atoms with Crippen molar-refractivity contribution < 1.29 is 4.79 Å². The zero-order valence-corrected chi connectivity index (χ0v) is 6.73. The first kappa shape index (κ1) is 12.4. The third-order valence-electron chi connectivity index (χ3n) is 1.66. The van der Waals surface area contributed by atoms with Crippen LogP contribution in [0.3, 0.4) is 0 Å². The molecule has 0 heterocycles. The zero-order valence-electron chi connectivity index (χ0n) is 6.73. The first-order valence-electron chi connectivity index (χ1n) is 3.69. The molecule has 2 aromatic carbocycles. The average molecular weight is 182 g/mol. The molecule has 0 aliphatic rings. The predicted octanol–water partition coefficient (Wildman–Crippen LogP) is 2.01. The van der Waals surface area contributed by atoms with E-state index < -0.39 is 0 Å². The van der Waals surface area contributed by atoms with E-state index >= 15 is 0 Å². The molecule has 13 heavy (non-hydrogen) atoms. The van der Waals surface area contributed by atoms with Crippen LogP contribution in [0.4, 0.5) is 0 Å². The maximum atomic E-state index is 8.00. The number of fused-ring (bicyclic) bond motifs is 1. The fraction of sp³-hybridized carbons (Fsp3) is 0. The summed E-state index contributed by atoms with van der Waals surface area (Å²) in [7, 11) is 0. The van der Waals surface area contributed by atoms with Gasteiger partial charge >= 0.3 is 29.6 Å². The minimum absolute atomic E-state index is 0. The Morgan fingerprint density at radius 2 is 0.923 bits per heavy atom. The molecule has 62 valence electrons. The molecular weight excluding hydrogens is 171 g/mol. The first-order chi connectivity index (χ1) is 5.97. The minimum Gasteiger partial charge on any atom is -0.0616 e. The summed E-state index contributed by atoms with van der Waals surface area (Å²) in [6, 6.07) is 16.7. The Balaban J connectivity index is 0.000000451. The molecule has 0 aliphatic heterocycles. The Morgan fingerprint density at radius 1 is 0.692 bits per heavy atom. The fourth-order valence-electron chi connectivity index (χ4n) is 1.13. The Bertz CT molecular complexity index is 294. The van der Waals surface area contributed by atoms with Gasteiger partial charge in [0.25, 0.3) is 0 Å². The predicted molar refractivity (Wildman–Crippen MR) is 58.2 cm³/mol. The number of benzene rings is 2. The van der Waals surface area contributed by atoms with E-state index in [0.29, 0.717) is 0 Å². The molecule has 0 saturated carbocycles. The second-order valence-electron chi connectivity index (χ2n) is 2.35. The SMILES string of the molecule is C=O.[NaH].c1ccc2ccccc2c1. The van der Waals surface area contributed by atoms with Crippen molar-refractivity contribution in [1.29, 1.82) is 0 Å². The molecular formula is C11H11NaO. The van der Waals surface area contributed by atoms with E-state index in [9.17, 15) is 0 Å². The molecule has 0 amide bonds. The molecule has 1 nitrogen and oxygen atoms in total. The zero-order chi connectivity index (χ0) is 8.81. The van der Waals surface area contributed by atoms with Gasteiger partial charge in [0.2, 0.25) is 0 Å². The fourth-order valence-corrected chi connectivity index (χ4v) is 1.13. The van der Waals surface area contributed by atoms with Crippen molar-refractivity contribution in [2.45, 2.75) is 0 Å². The van der Waals surface area contributed by atoms with Crippen molar-refractivity contribution >= 4 is 47.1 Å². The van der Waals surface area contributed by atoms with Crippen LogP contribution in [-0.4, -0.2) is 36.3 Å². The molecule has 2 heteroatoms. The maximum Gasteiger partial charge on any atom is -0.0184 e. The summed E-state index contributed by atoms with van der Waals surface area (Å²) in [6.07, 6.45) is 0. The van der Waals surface area contributed by atoms with Crippen LogP contribution in [0.15, 0.2) is 48.5 Å². The summed E-state index contributed by atoms with van der Waals surface area (Å²) < 4.78 is 0. The quantitative estimate of drug-likeness (QED) is 0.569. The van der Waals surface area contributed by atoms with E-state index in [-0.39, 0.29) is 29.6 Å². The van der Waals surface area contributed by atoms with Crippen molar-refractivity contribution in [3.63, 3.8) is 0 Å².